The zero-order chi connectivity index (χ0) is 11.1. The normalized spacial score (nSPS) is 14.4. The van der Waals surface area contributed by atoms with Crippen LogP contribution in [0.15, 0.2) is 5.11 Å². The van der Waals surface area contributed by atoms with Crippen LogP contribution in [0.5, 0.6) is 0 Å². The molecule has 6 nitrogen and oxygen atoms in total. The van der Waals surface area contributed by atoms with Gasteiger partial charge in [0.05, 0.1) is 12.7 Å². The Labute approximate surface area is 82.5 Å². The second kappa shape index (κ2) is 6.23. The Hall–Kier alpha value is -1.26. The summed E-state index contributed by atoms with van der Waals surface area (Å²) in [7, 11) is 0. The van der Waals surface area contributed by atoms with Gasteiger partial charge in [0.1, 0.15) is 0 Å². The molecule has 0 aliphatic carbocycles. The lowest BCUT2D eigenvalue weighted by Gasteiger charge is -2.19. The number of hydrogen-bond donors (Lipinski definition) is 1. The van der Waals surface area contributed by atoms with Gasteiger partial charge in [-0.1, -0.05) is 19.0 Å². The van der Waals surface area contributed by atoms with E-state index < -0.39 is 18.1 Å². The van der Waals surface area contributed by atoms with Gasteiger partial charge in [-0.25, -0.2) is 0 Å². The van der Waals surface area contributed by atoms with Crippen LogP contribution < -0.4 is 0 Å². The first-order chi connectivity index (χ1) is 6.54. The highest BCUT2D eigenvalue weighted by atomic mass is 16.5. The lowest BCUT2D eigenvalue weighted by Crippen LogP contribution is -2.37. The zero-order valence-electron chi connectivity index (χ0n) is 8.54. The topological polar surface area (TPSA) is 95.3 Å². The Balaban J connectivity index is 4.58. The molecule has 0 fully saturated rings. The summed E-state index contributed by atoms with van der Waals surface area (Å²) in [5, 5.41) is 12.8. The third kappa shape index (κ3) is 3.64. The predicted molar refractivity (Wildman–Crippen MR) is 50.4 cm³/mol. The Morgan fingerprint density at radius 1 is 1.64 bits per heavy atom. The maximum atomic E-state index is 11.2. The van der Waals surface area contributed by atoms with Crippen molar-refractivity contribution < 1.29 is 14.6 Å². The van der Waals surface area contributed by atoms with E-state index in [1.54, 1.807) is 20.8 Å². The van der Waals surface area contributed by atoms with E-state index in [1.165, 1.54) is 0 Å². The number of aliphatic hydroxyl groups excluding tert-OH is 1. The van der Waals surface area contributed by atoms with Crippen molar-refractivity contribution in [2.75, 3.05) is 6.61 Å². The van der Waals surface area contributed by atoms with Gasteiger partial charge in [-0.15, -0.1) is 0 Å². The second-order valence-corrected chi connectivity index (χ2v) is 3.14. The Morgan fingerprint density at radius 3 is 2.57 bits per heavy atom. The molecule has 0 bridgehead atoms. The van der Waals surface area contributed by atoms with Crippen LogP contribution in [0.2, 0.25) is 0 Å². The summed E-state index contributed by atoms with van der Waals surface area (Å²) >= 11 is 0. The average molecular weight is 201 g/mol. The molecule has 0 aromatic heterocycles. The summed E-state index contributed by atoms with van der Waals surface area (Å²) in [4.78, 5) is 13.7. The third-order valence-electron chi connectivity index (χ3n) is 1.71. The highest BCUT2D eigenvalue weighted by Crippen LogP contribution is 2.11. The maximum Gasteiger partial charge on any atom is 0.317 e. The second-order valence-electron chi connectivity index (χ2n) is 3.14. The quantitative estimate of drug-likeness (QED) is 0.314. The van der Waals surface area contributed by atoms with E-state index >= 15 is 0 Å². The fourth-order valence-corrected chi connectivity index (χ4v) is 0.903. The molecule has 1 N–H and O–H groups in total. The first-order valence-electron chi connectivity index (χ1n) is 4.43. The van der Waals surface area contributed by atoms with Crippen molar-refractivity contribution in [2.24, 2.45) is 11.0 Å². The highest BCUT2D eigenvalue weighted by molar-refractivity contribution is 5.76. The molecule has 2 atom stereocenters. The van der Waals surface area contributed by atoms with Crippen LogP contribution in [0, 0.1) is 5.92 Å². The zero-order valence-corrected chi connectivity index (χ0v) is 8.54. The van der Waals surface area contributed by atoms with Gasteiger partial charge in [0.2, 0.25) is 0 Å². The number of carbonyl (C=O) groups is 1. The van der Waals surface area contributed by atoms with Crippen LogP contribution in [-0.4, -0.2) is 29.8 Å². The van der Waals surface area contributed by atoms with Crippen LogP contribution in [0.4, 0.5) is 0 Å². The van der Waals surface area contributed by atoms with E-state index in [4.69, 9.17) is 5.53 Å². The van der Waals surface area contributed by atoms with Gasteiger partial charge in [-0.2, -0.15) is 0 Å². The molecule has 14 heavy (non-hydrogen) atoms. The maximum absolute atomic E-state index is 11.2. The summed E-state index contributed by atoms with van der Waals surface area (Å²) in [6, 6.07) is -1.15. The van der Waals surface area contributed by atoms with Gasteiger partial charge in [0, 0.05) is 4.91 Å². The summed E-state index contributed by atoms with van der Waals surface area (Å²) in [6.45, 7) is 5.29. The molecule has 0 rings (SSSR count). The molecule has 80 valence electrons. The monoisotopic (exact) mass is 201 g/mol. The Bertz CT molecular complexity index is 236. The van der Waals surface area contributed by atoms with Gasteiger partial charge >= 0.3 is 5.97 Å². The molecule has 0 amide bonds. The smallest absolute Gasteiger partial charge is 0.317 e. The lowest BCUT2D eigenvalue weighted by molar-refractivity contribution is -0.148. The molecule has 1 unspecified atom stereocenters. The summed E-state index contributed by atoms with van der Waals surface area (Å²) in [5.74, 6) is -0.860. The minimum Gasteiger partial charge on any atom is -0.466 e. The summed E-state index contributed by atoms with van der Waals surface area (Å²) in [5.41, 5.74) is 8.22. The van der Waals surface area contributed by atoms with Crippen LogP contribution in [0.1, 0.15) is 20.8 Å². The minimum atomic E-state index is -1.15. The Kier molecular flexibility index (Phi) is 5.67. The van der Waals surface area contributed by atoms with Crippen LogP contribution in [-0.2, 0) is 9.53 Å². The highest BCUT2D eigenvalue weighted by Gasteiger charge is 2.29. The van der Waals surface area contributed by atoms with Gasteiger partial charge < -0.3 is 9.84 Å². The first-order valence-corrected chi connectivity index (χ1v) is 4.43. The first kappa shape index (κ1) is 12.7. The fourth-order valence-electron chi connectivity index (χ4n) is 0.903. The molecular formula is C8H15N3O3. The number of rotatable bonds is 5. The van der Waals surface area contributed by atoms with Crippen molar-refractivity contribution in [3.8, 4) is 0 Å². The third-order valence-corrected chi connectivity index (χ3v) is 1.71. The molecule has 0 aromatic carbocycles. The number of ether oxygens (including phenoxy) is 1. The van der Waals surface area contributed by atoms with Gasteiger partial charge in [-0.05, 0) is 18.4 Å². The number of carbonyl (C=O) groups excluding carboxylic acids is 1. The predicted octanol–water partition coefficient (Wildman–Crippen LogP) is 1.25. The molecule has 6 heteroatoms. The fraction of sp³-hybridized carbons (Fsp3) is 0.875. The number of azide groups is 1. The van der Waals surface area contributed by atoms with Crippen LogP contribution in [0.25, 0.3) is 10.4 Å². The molecule has 0 heterocycles. The van der Waals surface area contributed by atoms with Crippen molar-refractivity contribution in [1.29, 1.82) is 0 Å². The van der Waals surface area contributed by atoms with Crippen LogP contribution in [0.3, 0.4) is 0 Å². The molecule has 0 saturated carbocycles. The van der Waals surface area contributed by atoms with E-state index in [0.29, 0.717) is 0 Å². The van der Waals surface area contributed by atoms with Crippen molar-refractivity contribution in [3.63, 3.8) is 0 Å². The lowest BCUT2D eigenvalue weighted by atomic mass is 10.0. The molecular weight excluding hydrogens is 186 g/mol. The van der Waals surface area contributed by atoms with Crippen molar-refractivity contribution in [3.05, 3.63) is 10.4 Å². The molecule has 0 saturated heterocycles. The van der Waals surface area contributed by atoms with Gasteiger partial charge in [-0.3, -0.25) is 4.79 Å². The van der Waals surface area contributed by atoms with E-state index in [9.17, 15) is 9.90 Å². The molecule has 0 radical (unpaired) electrons. The average Bonchev–Trinajstić information content (AvgIpc) is 2.13. The van der Waals surface area contributed by atoms with Crippen molar-refractivity contribution in [2.45, 2.75) is 32.9 Å². The van der Waals surface area contributed by atoms with E-state index in [1.807, 2.05) is 0 Å². The summed E-state index contributed by atoms with van der Waals surface area (Å²) < 4.78 is 4.66. The summed E-state index contributed by atoms with van der Waals surface area (Å²) in [6.07, 6.45) is -1.01. The van der Waals surface area contributed by atoms with Crippen LogP contribution >= 0.6 is 0 Å². The Morgan fingerprint density at radius 2 is 2.21 bits per heavy atom. The number of nitrogens with zero attached hydrogens (tertiary/aromatic N) is 3. The molecule has 0 aliphatic heterocycles. The van der Waals surface area contributed by atoms with Crippen molar-refractivity contribution in [1.82, 2.24) is 0 Å². The van der Waals surface area contributed by atoms with E-state index in [-0.39, 0.29) is 12.5 Å². The molecule has 0 aliphatic rings. The molecule has 0 spiro atoms. The van der Waals surface area contributed by atoms with Gasteiger partial charge in [0.15, 0.2) is 6.04 Å². The molecule has 0 aromatic rings. The van der Waals surface area contributed by atoms with Crippen molar-refractivity contribution >= 4 is 5.97 Å². The van der Waals surface area contributed by atoms with E-state index in [2.05, 4.69) is 14.8 Å². The minimum absolute atomic E-state index is 0.171. The number of esters is 1. The van der Waals surface area contributed by atoms with Gasteiger partial charge in [0.25, 0.3) is 0 Å². The largest absolute Gasteiger partial charge is 0.466 e. The standard InChI is InChI=1S/C8H15N3O3/c1-4-14-8(13)6(10-11-9)7(12)5(2)3/h5-7,12H,4H2,1-3H3/t6?,7-/m1/s1. The SMILES string of the molecule is CCOC(=O)C(N=[N+]=[N-])[C@H](O)C(C)C. The van der Waals surface area contributed by atoms with E-state index in [0.717, 1.165) is 0 Å². The number of hydrogen-bond acceptors (Lipinski definition) is 4. The number of aliphatic hydroxyl groups is 1.